The zero-order valence-corrected chi connectivity index (χ0v) is 18.4. The van der Waals surface area contributed by atoms with Gasteiger partial charge >= 0.3 is 12.2 Å². The number of hydrogen-bond donors (Lipinski definition) is 2. The predicted molar refractivity (Wildman–Crippen MR) is 125 cm³/mol. The number of carbonyl (C=O) groups excluding carboxylic acids is 1. The topological polar surface area (TPSA) is 54.0 Å². The zero-order chi connectivity index (χ0) is 24.9. The van der Waals surface area contributed by atoms with Gasteiger partial charge in [0.15, 0.2) is 0 Å². The largest absolute Gasteiger partial charge is 0.416 e. The molecule has 2 amide bonds. The molecule has 178 valence electrons. The van der Waals surface area contributed by atoms with Crippen molar-refractivity contribution in [2.75, 3.05) is 5.32 Å². The van der Waals surface area contributed by atoms with Gasteiger partial charge in [0.25, 0.3) is 0 Å². The second-order valence-electron chi connectivity index (χ2n) is 7.92. The smallest absolute Gasteiger partial charge is 0.322 e. The molecule has 1 heterocycles. The van der Waals surface area contributed by atoms with Crippen LogP contribution >= 0.6 is 0 Å². The Labute approximate surface area is 199 Å². The maximum Gasteiger partial charge on any atom is 0.416 e. The molecule has 8 heteroatoms. The number of aromatic nitrogens is 1. The minimum atomic E-state index is -4.59. The monoisotopic (exact) mass is 479 g/mol. The summed E-state index contributed by atoms with van der Waals surface area (Å²) < 4.78 is 55.0. The molecule has 0 fully saturated rings. The third-order valence-electron chi connectivity index (χ3n) is 5.55. The number of anilines is 1. The van der Waals surface area contributed by atoms with Crippen LogP contribution in [0.5, 0.6) is 0 Å². The summed E-state index contributed by atoms with van der Waals surface area (Å²) in [5.74, 6) is -0.645. The highest BCUT2D eigenvalue weighted by molar-refractivity contribution is 5.90. The Morgan fingerprint density at radius 1 is 0.800 bits per heavy atom. The molecule has 4 aromatic rings. The van der Waals surface area contributed by atoms with E-state index in [1.54, 1.807) is 36.4 Å². The summed E-state index contributed by atoms with van der Waals surface area (Å²) in [5.41, 5.74) is -1.17. The molecule has 2 N–H and O–H groups in total. The fourth-order valence-electron chi connectivity index (χ4n) is 3.91. The van der Waals surface area contributed by atoms with Gasteiger partial charge in [-0.1, -0.05) is 60.7 Å². The Balaban J connectivity index is 1.86. The van der Waals surface area contributed by atoms with Gasteiger partial charge in [0.05, 0.1) is 16.9 Å². The second kappa shape index (κ2) is 9.97. The molecule has 0 saturated heterocycles. The van der Waals surface area contributed by atoms with Crippen molar-refractivity contribution in [3.8, 4) is 0 Å². The van der Waals surface area contributed by atoms with E-state index in [2.05, 4.69) is 15.6 Å². The summed E-state index contributed by atoms with van der Waals surface area (Å²) in [5, 5.41) is 5.28. The first-order chi connectivity index (χ1) is 16.8. The minimum Gasteiger partial charge on any atom is -0.322 e. The number of benzene rings is 3. The summed E-state index contributed by atoms with van der Waals surface area (Å²) in [6.45, 7) is 0. The molecule has 0 aliphatic rings. The van der Waals surface area contributed by atoms with Crippen molar-refractivity contribution in [1.82, 2.24) is 10.3 Å². The lowest BCUT2D eigenvalue weighted by Gasteiger charge is -2.35. The van der Waals surface area contributed by atoms with Gasteiger partial charge in [0.1, 0.15) is 11.4 Å². The van der Waals surface area contributed by atoms with E-state index in [4.69, 9.17) is 0 Å². The zero-order valence-electron chi connectivity index (χ0n) is 18.4. The molecule has 1 atom stereocenters. The van der Waals surface area contributed by atoms with Gasteiger partial charge in [-0.3, -0.25) is 4.98 Å². The fraction of sp³-hybridized carbons (Fsp3) is 0.111. The Kier molecular flexibility index (Phi) is 6.82. The maximum absolute atomic E-state index is 14.2. The molecule has 1 aromatic heterocycles. The molecule has 1 unspecified atom stereocenters. The maximum atomic E-state index is 14.2. The van der Waals surface area contributed by atoms with E-state index in [0.29, 0.717) is 5.69 Å². The SMILES string of the molecule is O=C(Nc1ccccc1F)NC(Cc1ccccc1)(c1cccc(C(F)(F)F)c1)c1ccccn1. The summed E-state index contributed by atoms with van der Waals surface area (Å²) in [6.07, 6.45) is -3.00. The number of pyridine rings is 1. The predicted octanol–water partition coefficient (Wildman–Crippen LogP) is 6.55. The number of para-hydroxylation sites is 1. The highest BCUT2D eigenvalue weighted by atomic mass is 19.4. The molecule has 0 aliphatic heterocycles. The van der Waals surface area contributed by atoms with Crippen molar-refractivity contribution in [3.05, 3.63) is 131 Å². The molecule has 3 aromatic carbocycles. The lowest BCUT2D eigenvalue weighted by atomic mass is 9.80. The highest BCUT2D eigenvalue weighted by Crippen LogP contribution is 2.37. The number of rotatable bonds is 6. The summed E-state index contributed by atoms with van der Waals surface area (Å²) >= 11 is 0. The van der Waals surface area contributed by atoms with Gasteiger partial charge in [0, 0.05) is 12.6 Å². The first kappa shape index (κ1) is 23.9. The van der Waals surface area contributed by atoms with Crippen LogP contribution in [0.1, 0.15) is 22.4 Å². The third kappa shape index (κ3) is 5.48. The number of hydrogen-bond acceptors (Lipinski definition) is 2. The van der Waals surface area contributed by atoms with Gasteiger partial charge in [-0.2, -0.15) is 13.2 Å². The van der Waals surface area contributed by atoms with E-state index in [-0.39, 0.29) is 17.7 Å². The van der Waals surface area contributed by atoms with E-state index in [1.807, 2.05) is 18.2 Å². The van der Waals surface area contributed by atoms with E-state index in [0.717, 1.165) is 17.7 Å². The fourth-order valence-corrected chi connectivity index (χ4v) is 3.91. The highest BCUT2D eigenvalue weighted by Gasteiger charge is 2.40. The van der Waals surface area contributed by atoms with Crippen molar-refractivity contribution in [1.29, 1.82) is 0 Å². The van der Waals surface area contributed by atoms with Gasteiger partial charge < -0.3 is 10.6 Å². The van der Waals surface area contributed by atoms with Crippen molar-refractivity contribution < 1.29 is 22.4 Å². The molecule has 0 saturated carbocycles. The quantitative estimate of drug-likeness (QED) is 0.308. The Morgan fingerprint density at radius 3 is 2.17 bits per heavy atom. The number of amides is 2. The molecular formula is C27H21F4N3O. The van der Waals surface area contributed by atoms with Crippen molar-refractivity contribution in [2.45, 2.75) is 18.1 Å². The average molecular weight is 479 g/mol. The molecular weight excluding hydrogens is 458 g/mol. The van der Waals surface area contributed by atoms with Crippen LogP contribution in [0.2, 0.25) is 0 Å². The van der Waals surface area contributed by atoms with E-state index in [1.165, 1.54) is 36.5 Å². The Morgan fingerprint density at radius 2 is 1.49 bits per heavy atom. The number of nitrogens with zero attached hydrogens (tertiary/aromatic N) is 1. The van der Waals surface area contributed by atoms with Crippen LogP contribution < -0.4 is 10.6 Å². The van der Waals surface area contributed by atoms with Gasteiger partial charge in [-0.15, -0.1) is 0 Å². The number of nitrogens with one attached hydrogen (secondary N) is 2. The average Bonchev–Trinajstić information content (AvgIpc) is 2.86. The molecule has 0 radical (unpaired) electrons. The summed E-state index contributed by atoms with van der Waals surface area (Å²) in [6, 6.07) is 23.6. The normalized spacial score (nSPS) is 13.0. The van der Waals surface area contributed by atoms with Gasteiger partial charge in [-0.25, -0.2) is 9.18 Å². The van der Waals surface area contributed by atoms with Crippen LogP contribution in [0.25, 0.3) is 0 Å². The molecule has 0 spiro atoms. The minimum absolute atomic E-state index is 0.0660. The van der Waals surface area contributed by atoms with Crippen LogP contribution in [0.4, 0.5) is 28.0 Å². The first-order valence-corrected chi connectivity index (χ1v) is 10.7. The second-order valence-corrected chi connectivity index (χ2v) is 7.92. The lowest BCUT2D eigenvalue weighted by Crippen LogP contribution is -2.50. The molecule has 4 nitrogen and oxygen atoms in total. The number of urea groups is 1. The van der Waals surface area contributed by atoms with Crippen LogP contribution in [-0.2, 0) is 18.1 Å². The lowest BCUT2D eigenvalue weighted by molar-refractivity contribution is -0.137. The first-order valence-electron chi connectivity index (χ1n) is 10.7. The van der Waals surface area contributed by atoms with Crippen LogP contribution in [0.3, 0.4) is 0 Å². The number of carbonyl (C=O) groups is 1. The molecule has 0 aliphatic carbocycles. The van der Waals surface area contributed by atoms with Crippen LogP contribution in [-0.4, -0.2) is 11.0 Å². The van der Waals surface area contributed by atoms with Gasteiger partial charge in [-0.05, 0) is 47.5 Å². The van der Waals surface area contributed by atoms with Crippen molar-refractivity contribution in [3.63, 3.8) is 0 Å². The summed E-state index contributed by atoms with van der Waals surface area (Å²) in [4.78, 5) is 17.6. The van der Waals surface area contributed by atoms with Crippen LogP contribution in [0, 0.1) is 5.82 Å². The molecule has 4 rings (SSSR count). The summed E-state index contributed by atoms with van der Waals surface area (Å²) in [7, 11) is 0. The van der Waals surface area contributed by atoms with Crippen molar-refractivity contribution in [2.24, 2.45) is 0 Å². The molecule has 35 heavy (non-hydrogen) atoms. The van der Waals surface area contributed by atoms with E-state index in [9.17, 15) is 22.4 Å². The third-order valence-corrected chi connectivity index (χ3v) is 5.55. The number of halogens is 4. The van der Waals surface area contributed by atoms with Gasteiger partial charge in [0.2, 0.25) is 0 Å². The van der Waals surface area contributed by atoms with Crippen molar-refractivity contribution >= 4 is 11.7 Å². The number of alkyl halides is 3. The van der Waals surface area contributed by atoms with E-state index >= 15 is 0 Å². The Bertz CT molecular complexity index is 1300. The Hall–Kier alpha value is -4.20. The molecule has 0 bridgehead atoms. The van der Waals surface area contributed by atoms with E-state index < -0.39 is 29.1 Å². The van der Waals surface area contributed by atoms with Crippen LogP contribution in [0.15, 0.2) is 103 Å². The standard InChI is InChI=1S/C27H21F4N3O/c28-22-13-4-5-14-23(22)33-25(35)34-26(24-15-6-7-16-32-24,18-19-9-2-1-3-10-19)20-11-8-12-21(17-20)27(29,30)31/h1-17H,18H2,(H2,33,34,35).